The summed E-state index contributed by atoms with van der Waals surface area (Å²) in [6.45, 7) is 0.485. The Kier molecular flexibility index (Phi) is 3.87. The first-order chi connectivity index (χ1) is 7.24. The summed E-state index contributed by atoms with van der Waals surface area (Å²) in [5, 5.41) is 11.5. The molecule has 0 amide bonds. The summed E-state index contributed by atoms with van der Waals surface area (Å²) >= 11 is 0. The molecule has 0 aliphatic carbocycles. The number of nitrogens with one attached hydrogen (secondary N) is 1. The highest BCUT2D eigenvalue weighted by molar-refractivity contribution is 5.91. The van der Waals surface area contributed by atoms with Crippen LogP contribution in [-0.4, -0.2) is 16.5 Å². The first kappa shape index (κ1) is 12.5. The van der Waals surface area contributed by atoms with Crippen LogP contribution >= 0.6 is 12.4 Å². The number of hydrogen-bond donors (Lipinski definition) is 2. The van der Waals surface area contributed by atoms with Crippen LogP contribution in [0.4, 0.5) is 5.69 Å². The largest absolute Gasteiger partial charge is 0.361 e. The van der Waals surface area contributed by atoms with E-state index in [-0.39, 0.29) is 23.0 Å². The fourth-order valence-electron chi connectivity index (χ4n) is 1.74. The van der Waals surface area contributed by atoms with Gasteiger partial charge < -0.3 is 10.7 Å². The maximum atomic E-state index is 10.8. The van der Waals surface area contributed by atoms with Crippen molar-refractivity contribution in [2.75, 3.05) is 6.54 Å². The van der Waals surface area contributed by atoms with Crippen LogP contribution in [0, 0.1) is 10.1 Å². The van der Waals surface area contributed by atoms with Crippen molar-refractivity contribution in [2.24, 2.45) is 5.73 Å². The van der Waals surface area contributed by atoms with Crippen LogP contribution in [-0.2, 0) is 6.42 Å². The number of hydrogen-bond acceptors (Lipinski definition) is 3. The van der Waals surface area contributed by atoms with E-state index >= 15 is 0 Å². The Morgan fingerprint density at radius 2 is 2.19 bits per heavy atom. The smallest absolute Gasteiger partial charge is 0.279 e. The Hall–Kier alpha value is -1.59. The van der Waals surface area contributed by atoms with Gasteiger partial charge in [-0.2, -0.15) is 0 Å². The SMILES string of the molecule is Cl.NCCc1c[nH]c2cccc([N+](=O)[O-])c12. The Labute approximate surface area is 98.2 Å². The third-order valence-electron chi connectivity index (χ3n) is 2.38. The summed E-state index contributed by atoms with van der Waals surface area (Å²) in [6.07, 6.45) is 2.43. The van der Waals surface area contributed by atoms with Crippen molar-refractivity contribution in [1.82, 2.24) is 4.98 Å². The number of rotatable bonds is 3. The van der Waals surface area contributed by atoms with Gasteiger partial charge in [0.25, 0.3) is 5.69 Å². The molecule has 0 saturated carbocycles. The predicted octanol–water partition coefficient (Wildman–Crippen LogP) is 2.00. The van der Waals surface area contributed by atoms with Crippen molar-refractivity contribution in [3.63, 3.8) is 0 Å². The normalized spacial score (nSPS) is 10.1. The molecule has 0 fully saturated rings. The van der Waals surface area contributed by atoms with Gasteiger partial charge >= 0.3 is 0 Å². The van der Waals surface area contributed by atoms with E-state index in [0.717, 1.165) is 11.1 Å². The predicted molar refractivity (Wildman–Crippen MR) is 65.0 cm³/mol. The maximum absolute atomic E-state index is 10.8. The van der Waals surface area contributed by atoms with Gasteiger partial charge in [-0.1, -0.05) is 6.07 Å². The molecule has 0 bridgehead atoms. The monoisotopic (exact) mass is 241 g/mol. The highest BCUT2D eigenvalue weighted by Gasteiger charge is 2.15. The summed E-state index contributed by atoms with van der Waals surface area (Å²) in [5.41, 5.74) is 7.28. The number of aromatic amines is 1. The Balaban J connectivity index is 0.00000128. The van der Waals surface area contributed by atoms with Crippen molar-refractivity contribution in [2.45, 2.75) is 6.42 Å². The molecule has 0 aliphatic heterocycles. The maximum Gasteiger partial charge on any atom is 0.279 e. The summed E-state index contributed by atoms with van der Waals surface area (Å²) < 4.78 is 0. The molecule has 0 unspecified atom stereocenters. The van der Waals surface area contributed by atoms with E-state index in [1.807, 2.05) is 6.07 Å². The van der Waals surface area contributed by atoms with E-state index in [0.29, 0.717) is 18.4 Å². The zero-order valence-corrected chi connectivity index (χ0v) is 9.29. The lowest BCUT2D eigenvalue weighted by Gasteiger charge is -1.97. The van der Waals surface area contributed by atoms with Gasteiger partial charge in [0.15, 0.2) is 0 Å². The topological polar surface area (TPSA) is 85.0 Å². The molecule has 0 aliphatic rings. The Morgan fingerprint density at radius 3 is 2.81 bits per heavy atom. The van der Waals surface area contributed by atoms with E-state index in [9.17, 15) is 10.1 Å². The number of halogens is 1. The van der Waals surface area contributed by atoms with Crippen LogP contribution in [0.25, 0.3) is 10.9 Å². The molecule has 2 rings (SSSR count). The molecular weight excluding hydrogens is 230 g/mol. The number of benzene rings is 1. The molecule has 5 nitrogen and oxygen atoms in total. The molecule has 1 aromatic heterocycles. The van der Waals surface area contributed by atoms with Crippen LogP contribution in [0.5, 0.6) is 0 Å². The molecule has 1 heterocycles. The zero-order valence-electron chi connectivity index (χ0n) is 8.47. The van der Waals surface area contributed by atoms with Gasteiger partial charge in [-0.05, 0) is 24.6 Å². The van der Waals surface area contributed by atoms with Gasteiger partial charge in [-0.25, -0.2) is 0 Å². The van der Waals surface area contributed by atoms with E-state index in [1.54, 1.807) is 12.3 Å². The molecule has 0 radical (unpaired) electrons. The fourth-order valence-corrected chi connectivity index (χ4v) is 1.74. The standard InChI is InChI=1S/C10H11N3O2.ClH/c11-5-4-7-6-12-8-2-1-3-9(10(7)8)13(14)15;/h1-3,6,12H,4-5,11H2;1H. The van der Waals surface area contributed by atoms with Crippen LogP contribution in [0.15, 0.2) is 24.4 Å². The summed E-state index contributed by atoms with van der Waals surface area (Å²) in [4.78, 5) is 13.5. The highest BCUT2D eigenvalue weighted by Crippen LogP contribution is 2.28. The average molecular weight is 242 g/mol. The molecule has 0 spiro atoms. The zero-order chi connectivity index (χ0) is 10.8. The number of H-pyrrole nitrogens is 1. The number of non-ortho nitro benzene ring substituents is 1. The van der Waals surface area contributed by atoms with E-state index in [1.165, 1.54) is 6.07 Å². The van der Waals surface area contributed by atoms with Gasteiger partial charge in [0.05, 0.1) is 15.8 Å². The molecule has 0 atom stereocenters. The third kappa shape index (κ3) is 2.00. The molecule has 6 heteroatoms. The molecular formula is C10H12ClN3O2. The Bertz CT molecular complexity index is 510. The molecule has 3 N–H and O–H groups in total. The van der Waals surface area contributed by atoms with Crippen LogP contribution in [0.3, 0.4) is 0 Å². The molecule has 86 valence electrons. The Morgan fingerprint density at radius 1 is 1.44 bits per heavy atom. The van der Waals surface area contributed by atoms with E-state index in [2.05, 4.69) is 4.98 Å². The van der Waals surface area contributed by atoms with Crippen molar-refractivity contribution in [3.05, 3.63) is 40.1 Å². The second-order valence-corrected chi connectivity index (χ2v) is 3.31. The second kappa shape index (κ2) is 4.96. The molecule has 1 aromatic carbocycles. The number of fused-ring (bicyclic) bond motifs is 1. The van der Waals surface area contributed by atoms with Crippen molar-refractivity contribution >= 4 is 29.0 Å². The van der Waals surface area contributed by atoms with Crippen molar-refractivity contribution in [3.8, 4) is 0 Å². The van der Waals surface area contributed by atoms with E-state index in [4.69, 9.17) is 5.73 Å². The lowest BCUT2D eigenvalue weighted by molar-refractivity contribution is -0.383. The third-order valence-corrected chi connectivity index (χ3v) is 2.38. The minimum absolute atomic E-state index is 0. The van der Waals surface area contributed by atoms with Gasteiger partial charge in [0, 0.05) is 12.3 Å². The van der Waals surface area contributed by atoms with Crippen molar-refractivity contribution < 1.29 is 4.92 Å². The average Bonchev–Trinajstić information content (AvgIpc) is 2.62. The first-order valence-corrected chi connectivity index (χ1v) is 4.67. The lowest BCUT2D eigenvalue weighted by atomic mass is 10.1. The van der Waals surface area contributed by atoms with Crippen LogP contribution < -0.4 is 5.73 Å². The second-order valence-electron chi connectivity index (χ2n) is 3.31. The first-order valence-electron chi connectivity index (χ1n) is 4.67. The number of nitro benzene ring substituents is 1. The summed E-state index contributed by atoms with van der Waals surface area (Å²) in [6, 6.07) is 5.00. The fraction of sp³-hybridized carbons (Fsp3) is 0.200. The van der Waals surface area contributed by atoms with Gasteiger partial charge in [0.2, 0.25) is 0 Å². The quantitative estimate of drug-likeness (QED) is 0.637. The summed E-state index contributed by atoms with van der Waals surface area (Å²) in [5.74, 6) is 0. The van der Waals surface area contributed by atoms with Crippen LogP contribution in [0.2, 0.25) is 0 Å². The van der Waals surface area contributed by atoms with Gasteiger partial charge in [0.1, 0.15) is 0 Å². The van der Waals surface area contributed by atoms with Gasteiger partial charge in [-0.3, -0.25) is 10.1 Å². The highest BCUT2D eigenvalue weighted by atomic mass is 35.5. The van der Waals surface area contributed by atoms with E-state index < -0.39 is 0 Å². The number of nitrogens with two attached hydrogens (primary N) is 1. The van der Waals surface area contributed by atoms with Crippen LogP contribution in [0.1, 0.15) is 5.56 Å². The number of nitrogens with zero attached hydrogens (tertiary/aromatic N) is 1. The minimum atomic E-state index is -0.365. The summed E-state index contributed by atoms with van der Waals surface area (Å²) in [7, 11) is 0. The molecule has 0 saturated heterocycles. The minimum Gasteiger partial charge on any atom is -0.361 e. The molecule has 2 aromatic rings. The lowest BCUT2D eigenvalue weighted by Crippen LogP contribution is -2.02. The number of aromatic nitrogens is 1. The molecule has 16 heavy (non-hydrogen) atoms. The number of nitro groups is 1. The van der Waals surface area contributed by atoms with Gasteiger partial charge in [-0.15, -0.1) is 12.4 Å². The van der Waals surface area contributed by atoms with Crippen molar-refractivity contribution in [1.29, 1.82) is 0 Å².